The van der Waals surface area contributed by atoms with E-state index in [-0.39, 0.29) is 24.4 Å². The minimum atomic E-state index is -0.316. The van der Waals surface area contributed by atoms with Crippen molar-refractivity contribution < 1.29 is 19.1 Å². The molecule has 0 saturated carbocycles. The van der Waals surface area contributed by atoms with E-state index < -0.39 is 0 Å². The fourth-order valence-corrected chi connectivity index (χ4v) is 3.82. The summed E-state index contributed by atoms with van der Waals surface area (Å²) < 4.78 is 10.7. The van der Waals surface area contributed by atoms with E-state index in [0.29, 0.717) is 17.1 Å². The lowest BCUT2D eigenvalue weighted by Gasteiger charge is -2.21. The third-order valence-corrected chi connectivity index (χ3v) is 5.23. The van der Waals surface area contributed by atoms with Gasteiger partial charge in [-0.1, -0.05) is 24.3 Å². The highest BCUT2D eigenvalue weighted by Crippen LogP contribution is 2.37. The van der Waals surface area contributed by atoms with Crippen LogP contribution in [0.5, 0.6) is 11.5 Å². The molecule has 1 atom stereocenters. The minimum absolute atomic E-state index is 0.0523. The summed E-state index contributed by atoms with van der Waals surface area (Å²) in [6.45, 7) is 1.82. The van der Waals surface area contributed by atoms with Crippen LogP contribution in [0.2, 0.25) is 0 Å². The lowest BCUT2D eigenvalue weighted by Crippen LogP contribution is -2.39. The molecular weight excluding hydrogens is 368 g/mol. The molecule has 0 unspecified atom stereocenters. The molecule has 0 aromatic heterocycles. The first-order chi connectivity index (χ1) is 14.0. The molecule has 3 aromatic rings. The number of ether oxygens (including phenoxy) is 2. The second-order valence-electron chi connectivity index (χ2n) is 6.97. The largest absolute Gasteiger partial charge is 0.497 e. The topological polar surface area (TPSA) is 67.9 Å². The molecule has 3 aromatic carbocycles. The SMILES string of the molecule is COc1ccc(OC)c([C@H](C)NC(=O)CN2C(=O)c3cccc4cccc2c34)c1. The number of carbonyl (C=O) groups excluding carboxylic acids is 2. The van der Waals surface area contributed by atoms with Gasteiger partial charge in [-0.2, -0.15) is 0 Å². The molecule has 2 amide bonds. The summed E-state index contributed by atoms with van der Waals surface area (Å²) in [6.07, 6.45) is 0. The molecule has 0 spiro atoms. The first-order valence-corrected chi connectivity index (χ1v) is 9.38. The summed E-state index contributed by atoms with van der Waals surface area (Å²) in [6, 6.07) is 16.5. The number of carbonyl (C=O) groups is 2. The third kappa shape index (κ3) is 3.27. The van der Waals surface area contributed by atoms with Crippen LogP contribution in [0.1, 0.15) is 28.9 Å². The number of benzene rings is 3. The average molecular weight is 390 g/mol. The second-order valence-corrected chi connectivity index (χ2v) is 6.97. The maximum Gasteiger partial charge on any atom is 0.259 e. The highest BCUT2D eigenvalue weighted by molar-refractivity contribution is 6.26. The molecule has 1 aliphatic heterocycles. The van der Waals surface area contributed by atoms with Gasteiger partial charge < -0.3 is 14.8 Å². The van der Waals surface area contributed by atoms with Crippen molar-refractivity contribution in [2.75, 3.05) is 25.7 Å². The molecule has 4 rings (SSSR count). The molecule has 0 fully saturated rings. The number of methoxy groups -OCH3 is 2. The Morgan fingerprint density at radius 3 is 2.55 bits per heavy atom. The van der Waals surface area contributed by atoms with Crippen LogP contribution in [-0.4, -0.2) is 32.6 Å². The van der Waals surface area contributed by atoms with Crippen molar-refractivity contribution in [1.29, 1.82) is 0 Å². The van der Waals surface area contributed by atoms with Crippen molar-refractivity contribution in [3.63, 3.8) is 0 Å². The Kier molecular flexibility index (Phi) is 4.84. The van der Waals surface area contributed by atoms with Crippen molar-refractivity contribution >= 4 is 28.3 Å². The Morgan fingerprint density at radius 2 is 1.83 bits per heavy atom. The van der Waals surface area contributed by atoms with E-state index in [0.717, 1.165) is 22.0 Å². The van der Waals surface area contributed by atoms with Crippen LogP contribution < -0.4 is 19.7 Å². The van der Waals surface area contributed by atoms with Crippen molar-refractivity contribution in [2.45, 2.75) is 13.0 Å². The van der Waals surface area contributed by atoms with E-state index in [1.807, 2.05) is 43.3 Å². The van der Waals surface area contributed by atoms with E-state index in [2.05, 4.69) is 5.32 Å². The zero-order valence-corrected chi connectivity index (χ0v) is 16.6. The van der Waals surface area contributed by atoms with Gasteiger partial charge in [0.05, 0.1) is 25.9 Å². The molecule has 1 heterocycles. The van der Waals surface area contributed by atoms with Crippen LogP contribution in [0.4, 0.5) is 5.69 Å². The molecule has 29 heavy (non-hydrogen) atoms. The molecule has 6 nitrogen and oxygen atoms in total. The number of hydrogen-bond donors (Lipinski definition) is 1. The van der Waals surface area contributed by atoms with Crippen molar-refractivity contribution in [2.24, 2.45) is 0 Å². The van der Waals surface area contributed by atoms with Gasteiger partial charge in [0.25, 0.3) is 5.91 Å². The Morgan fingerprint density at radius 1 is 1.07 bits per heavy atom. The van der Waals surface area contributed by atoms with Crippen LogP contribution in [0, 0.1) is 0 Å². The standard InChI is InChI=1S/C23H22N2O4/c1-14(18-12-16(28-2)10-11-20(18)29-3)24-21(26)13-25-19-9-5-7-15-6-4-8-17(22(15)19)23(25)27/h4-12,14H,13H2,1-3H3,(H,24,26)/t14-/m0/s1. The highest BCUT2D eigenvalue weighted by Gasteiger charge is 2.31. The van der Waals surface area contributed by atoms with Gasteiger partial charge in [0.2, 0.25) is 5.91 Å². The summed E-state index contributed by atoms with van der Waals surface area (Å²) in [7, 11) is 3.17. The predicted octanol–water partition coefficient (Wildman–Crippen LogP) is 3.69. The summed E-state index contributed by atoms with van der Waals surface area (Å²) in [5, 5.41) is 4.85. The van der Waals surface area contributed by atoms with E-state index in [1.165, 1.54) is 4.90 Å². The van der Waals surface area contributed by atoms with Crippen molar-refractivity contribution in [3.05, 3.63) is 65.7 Å². The van der Waals surface area contributed by atoms with E-state index >= 15 is 0 Å². The molecule has 148 valence electrons. The average Bonchev–Trinajstić information content (AvgIpc) is 3.01. The van der Waals surface area contributed by atoms with Gasteiger partial charge in [0, 0.05) is 16.5 Å². The predicted molar refractivity (Wildman–Crippen MR) is 112 cm³/mol. The van der Waals surface area contributed by atoms with Crippen LogP contribution in [-0.2, 0) is 4.79 Å². The maximum absolute atomic E-state index is 12.9. The summed E-state index contributed by atoms with van der Waals surface area (Å²) in [5.74, 6) is 0.936. The van der Waals surface area contributed by atoms with Gasteiger partial charge in [-0.3, -0.25) is 14.5 Å². The maximum atomic E-state index is 12.9. The van der Waals surface area contributed by atoms with Gasteiger partial charge in [0.15, 0.2) is 0 Å². The zero-order valence-electron chi connectivity index (χ0n) is 16.6. The molecule has 1 aliphatic rings. The Balaban J connectivity index is 1.54. The summed E-state index contributed by atoms with van der Waals surface area (Å²) in [4.78, 5) is 27.2. The number of hydrogen-bond acceptors (Lipinski definition) is 4. The van der Waals surface area contributed by atoms with Gasteiger partial charge in [-0.15, -0.1) is 0 Å². The van der Waals surface area contributed by atoms with Crippen molar-refractivity contribution in [1.82, 2.24) is 5.32 Å². The first-order valence-electron chi connectivity index (χ1n) is 9.38. The Labute approximate surface area is 169 Å². The van der Waals surface area contributed by atoms with Gasteiger partial charge in [-0.25, -0.2) is 0 Å². The molecule has 0 bridgehead atoms. The van der Waals surface area contributed by atoms with Gasteiger partial charge in [0.1, 0.15) is 18.0 Å². The fourth-order valence-electron chi connectivity index (χ4n) is 3.82. The monoisotopic (exact) mass is 390 g/mol. The van der Waals surface area contributed by atoms with Gasteiger partial charge in [-0.05, 0) is 42.6 Å². The summed E-state index contributed by atoms with van der Waals surface area (Å²) in [5.41, 5.74) is 2.21. The molecule has 0 radical (unpaired) electrons. The van der Waals surface area contributed by atoms with Crippen LogP contribution >= 0.6 is 0 Å². The first kappa shape index (κ1) is 18.8. The van der Waals surface area contributed by atoms with Gasteiger partial charge >= 0.3 is 0 Å². The number of rotatable bonds is 6. The molecule has 6 heteroatoms. The smallest absolute Gasteiger partial charge is 0.259 e. The third-order valence-electron chi connectivity index (χ3n) is 5.23. The molecular formula is C23H22N2O4. The molecule has 0 aliphatic carbocycles. The quantitative estimate of drug-likeness (QED) is 0.697. The Hall–Kier alpha value is -3.54. The lowest BCUT2D eigenvalue weighted by molar-refractivity contribution is -0.120. The van der Waals surface area contributed by atoms with Crippen LogP contribution in [0.15, 0.2) is 54.6 Å². The number of amides is 2. The van der Waals surface area contributed by atoms with Crippen LogP contribution in [0.25, 0.3) is 10.8 Å². The van der Waals surface area contributed by atoms with E-state index in [1.54, 1.807) is 32.4 Å². The normalized spacial score (nSPS) is 13.5. The van der Waals surface area contributed by atoms with E-state index in [9.17, 15) is 9.59 Å². The number of nitrogens with one attached hydrogen (secondary N) is 1. The summed E-state index contributed by atoms with van der Waals surface area (Å²) >= 11 is 0. The molecule has 0 saturated heterocycles. The molecule has 1 N–H and O–H groups in total. The second kappa shape index (κ2) is 7.47. The van der Waals surface area contributed by atoms with E-state index in [4.69, 9.17) is 9.47 Å². The van der Waals surface area contributed by atoms with Crippen molar-refractivity contribution in [3.8, 4) is 11.5 Å². The minimum Gasteiger partial charge on any atom is -0.497 e. The fraction of sp³-hybridized carbons (Fsp3) is 0.217. The highest BCUT2D eigenvalue weighted by atomic mass is 16.5. The number of anilines is 1. The zero-order chi connectivity index (χ0) is 20.5. The lowest BCUT2D eigenvalue weighted by atomic mass is 10.1. The Bertz CT molecular complexity index is 1100. The number of nitrogens with zero attached hydrogens (tertiary/aromatic N) is 1. The van der Waals surface area contributed by atoms with Crippen LogP contribution in [0.3, 0.4) is 0 Å².